The van der Waals surface area contributed by atoms with Gasteiger partial charge < -0.3 is 0 Å². The van der Waals surface area contributed by atoms with E-state index in [0.717, 1.165) is 12.8 Å². The predicted octanol–water partition coefficient (Wildman–Crippen LogP) is 2.67. The summed E-state index contributed by atoms with van der Waals surface area (Å²) in [4.78, 5) is 1.34. The Morgan fingerprint density at radius 1 is 1.12 bits per heavy atom. The summed E-state index contributed by atoms with van der Waals surface area (Å²) in [5.74, 6) is 6.32. The quantitative estimate of drug-likeness (QED) is 0.643. The molecule has 0 fully saturated rings. The second kappa shape index (κ2) is 4.61. The van der Waals surface area contributed by atoms with Gasteiger partial charge in [-0.1, -0.05) is 30.3 Å². The van der Waals surface area contributed by atoms with Crippen molar-refractivity contribution in [3.63, 3.8) is 0 Å². The van der Waals surface area contributed by atoms with Crippen LogP contribution in [0.15, 0.2) is 41.8 Å². The lowest BCUT2D eigenvalue weighted by Gasteiger charge is -2.21. The summed E-state index contributed by atoms with van der Waals surface area (Å²) in [5.41, 5.74) is 5.95. The highest BCUT2D eigenvalue weighted by molar-refractivity contribution is 7.10. The van der Waals surface area contributed by atoms with E-state index in [1.54, 1.807) is 11.3 Å². The van der Waals surface area contributed by atoms with Gasteiger partial charge in [0.1, 0.15) is 0 Å². The molecule has 3 heteroatoms. The molecule has 1 atom stereocenters. The zero-order valence-corrected chi connectivity index (χ0v) is 10.4. The van der Waals surface area contributed by atoms with E-state index in [0.29, 0.717) is 5.92 Å². The molecule has 0 saturated carbocycles. The second-order valence-electron chi connectivity index (χ2n) is 4.60. The summed E-state index contributed by atoms with van der Waals surface area (Å²) in [6.07, 6.45) is 2.26. The fraction of sp³-hybridized carbons (Fsp3) is 0.286. The molecule has 3 N–H and O–H groups in total. The number of fused-ring (bicyclic) bond motifs is 1. The zero-order valence-electron chi connectivity index (χ0n) is 9.60. The van der Waals surface area contributed by atoms with Crippen molar-refractivity contribution in [3.05, 3.63) is 57.8 Å². The van der Waals surface area contributed by atoms with Crippen LogP contribution >= 0.6 is 11.3 Å². The predicted molar refractivity (Wildman–Crippen MR) is 71.7 cm³/mol. The van der Waals surface area contributed by atoms with Gasteiger partial charge in [0.05, 0.1) is 6.04 Å². The fourth-order valence-electron chi connectivity index (χ4n) is 2.75. The first-order valence-electron chi connectivity index (χ1n) is 5.95. The summed E-state index contributed by atoms with van der Waals surface area (Å²) < 4.78 is 0. The van der Waals surface area contributed by atoms with Gasteiger partial charge in [-0.2, -0.15) is 0 Å². The standard InChI is InChI=1S/C14H16N2S/c15-16-14(13-6-3-7-17-13)12-8-10-4-1-2-5-11(10)9-12/h1-7,12,14,16H,8-9,15H2. The molecule has 1 unspecified atom stereocenters. The maximum Gasteiger partial charge on any atom is 0.0587 e. The highest BCUT2D eigenvalue weighted by atomic mass is 32.1. The number of hydrazine groups is 1. The van der Waals surface area contributed by atoms with Crippen LogP contribution < -0.4 is 11.3 Å². The Labute approximate surface area is 105 Å². The van der Waals surface area contributed by atoms with E-state index < -0.39 is 0 Å². The lowest BCUT2D eigenvalue weighted by molar-refractivity contribution is 0.385. The van der Waals surface area contributed by atoms with E-state index >= 15 is 0 Å². The number of benzene rings is 1. The second-order valence-corrected chi connectivity index (χ2v) is 5.58. The van der Waals surface area contributed by atoms with Crippen LogP contribution in [0.25, 0.3) is 0 Å². The average Bonchev–Trinajstić information content (AvgIpc) is 2.98. The first-order chi connectivity index (χ1) is 8.38. The number of nitrogens with one attached hydrogen (secondary N) is 1. The molecule has 1 aromatic heterocycles. The maximum atomic E-state index is 5.74. The minimum absolute atomic E-state index is 0.280. The molecule has 0 amide bonds. The lowest BCUT2D eigenvalue weighted by atomic mass is 9.96. The molecule has 1 heterocycles. The molecule has 3 rings (SSSR count). The van der Waals surface area contributed by atoms with E-state index in [1.807, 2.05) is 0 Å². The molecular formula is C14H16N2S. The highest BCUT2D eigenvalue weighted by Gasteiger charge is 2.29. The first kappa shape index (κ1) is 11.0. The molecule has 0 aliphatic heterocycles. The normalized spacial score (nSPS) is 17.0. The molecule has 2 aromatic rings. The smallest absolute Gasteiger partial charge is 0.0587 e. The zero-order chi connectivity index (χ0) is 11.7. The third-order valence-electron chi connectivity index (χ3n) is 3.58. The van der Waals surface area contributed by atoms with Gasteiger partial charge in [0.25, 0.3) is 0 Å². The summed E-state index contributed by atoms with van der Waals surface area (Å²) in [6.45, 7) is 0. The van der Waals surface area contributed by atoms with Crippen LogP contribution in [0.2, 0.25) is 0 Å². The lowest BCUT2D eigenvalue weighted by Crippen LogP contribution is -2.33. The topological polar surface area (TPSA) is 38.0 Å². The van der Waals surface area contributed by atoms with E-state index in [1.165, 1.54) is 16.0 Å². The van der Waals surface area contributed by atoms with Crippen LogP contribution in [0, 0.1) is 5.92 Å². The van der Waals surface area contributed by atoms with E-state index in [2.05, 4.69) is 47.2 Å². The van der Waals surface area contributed by atoms with Crippen molar-refractivity contribution >= 4 is 11.3 Å². The summed E-state index contributed by atoms with van der Waals surface area (Å²) >= 11 is 1.78. The third-order valence-corrected chi connectivity index (χ3v) is 4.54. The minimum Gasteiger partial charge on any atom is -0.271 e. The fourth-order valence-corrected chi connectivity index (χ4v) is 3.63. The Kier molecular flexibility index (Phi) is 2.97. The molecule has 1 aromatic carbocycles. The van der Waals surface area contributed by atoms with Gasteiger partial charge in [-0.15, -0.1) is 11.3 Å². The summed E-state index contributed by atoms with van der Waals surface area (Å²) in [6, 6.07) is 13.2. The number of hydrogen-bond acceptors (Lipinski definition) is 3. The number of rotatable bonds is 3. The van der Waals surface area contributed by atoms with Crippen molar-refractivity contribution in [1.82, 2.24) is 5.43 Å². The number of nitrogens with two attached hydrogens (primary N) is 1. The SMILES string of the molecule is NNC(c1cccs1)C1Cc2ccccc2C1. The van der Waals surface area contributed by atoms with Gasteiger partial charge in [-0.25, -0.2) is 0 Å². The minimum atomic E-state index is 0.280. The molecule has 17 heavy (non-hydrogen) atoms. The highest BCUT2D eigenvalue weighted by Crippen LogP contribution is 2.36. The van der Waals surface area contributed by atoms with Crippen LogP contribution in [0.1, 0.15) is 22.0 Å². The Bertz CT molecular complexity index is 468. The van der Waals surface area contributed by atoms with Gasteiger partial charge in [0.2, 0.25) is 0 Å². The van der Waals surface area contributed by atoms with Crippen LogP contribution in [-0.4, -0.2) is 0 Å². The molecule has 0 bridgehead atoms. The molecule has 0 saturated heterocycles. The van der Waals surface area contributed by atoms with Gasteiger partial charge in [-0.3, -0.25) is 11.3 Å². The summed E-state index contributed by atoms with van der Waals surface area (Å²) in [7, 11) is 0. The van der Waals surface area contributed by atoms with Crippen LogP contribution in [0.3, 0.4) is 0 Å². The van der Waals surface area contributed by atoms with Crippen LogP contribution in [0.5, 0.6) is 0 Å². The Balaban J connectivity index is 1.83. The molecule has 1 aliphatic carbocycles. The van der Waals surface area contributed by atoms with Crippen molar-refractivity contribution in [2.45, 2.75) is 18.9 Å². The van der Waals surface area contributed by atoms with Crippen molar-refractivity contribution in [2.75, 3.05) is 0 Å². The van der Waals surface area contributed by atoms with Crippen molar-refractivity contribution in [3.8, 4) is 0 Å². The molecule has 0 radical (unpaired) electrons. The van der Waals surface area contributed by atoms with Gasteiger partial charge in [0, 0.05) is 4.88 Å². The van der Waals surface area contributed by atoms with Crippen molar-refractivity contribution in [1.29, 1.82) is 0 Å². The van der Waals surface area contributed by atoms with E-state index in [-0.39, 0.29) is 6.04 Å². The number of hydrogen-bond donors (Lipinski definition) is 2. The molecular weight excluding hydrogens is 228 g/mol. The largest absolute Gasteiger partial charge is 0.271 e. The molecule has 1 aliphatic rings. The molecule has 0 spiro atoms. The van der Waals surface area contributed by atoms with Crippen LogP contribution in [0.4, 0.5) is 0 Å². The molecule has 88 valence electrons. The van der Waals surface area contributed by atoms with Crippen LogP contribution in [-0.2, 0) is 12.8 Å². The van der Waals surface area contributed by atoms with E-state index in [4.69, 9.17) is 5.84 Å². The number of thiophene rings is 1. The monoisotopic (exact) mass is 244 g/mol. The Hall–Kier alpha value is -1.16. The third kappa shape index (κ3) is 2.02. The van der Waals surface area contributed by atoms with Gasteiger partial charge in [-0.05, 0) is 41.3 Å². The molecule has 2 nitrogen and oxygen atoms in total. The van der Waals surface area contributed by atoms with Gasteiger partial charge in [0.15, 0.2) is 0 Å². The first-order valence-corrected chi connectivity index (χ1v) is 6.83. The van der Waals surface area contributed by atoms with Crippen molar-refractivity contribution in [2.24, 2.45) is 11.8 Å². The Morgan fingerprint density at radius 2 is 1.82 bits per heavy atom. The Morgan fingerprint density at radius 3 is 2.35 bits per heavy atom. The maximum absolute atomic E-state index is 5.74. The van der Waals surface area contributed by atoms with Crippen molar-refractivity contribution < 1.29 is 0 Å². The van der Waals surface area contributed by atoms with Gasteiger partial charge >= 0.3 is 0 Å². The summed E-state index contributed by atoms with van der Waals surface area (Å²) in [5, 5.41) is 2.11. The average molecular weight is 244 g/mol. The van der Waals surface area contributed by atoms with E-state index in [9.17, 15) is 0 Å².